The SMILES string of the molecule is NC(COS(N)(=O)=O)Cc1ccccc1. The lowest BCUT2D eigenvalue weighted by atomic mass is 10.1. The van der Waals surface area contributed by atoms with Crippen LogP contribution >= 0.6 is 0 Å². The third kappa shape index (κ3) is 5.48. The zero-order valence-corrected chi connectivity index (χ0v) is 8.98. The minimum absolute atomic E-state index is 0.103. The minimum atomic E-state index is -3.89. The highest BCUT2D eigenvalue weighted by Gasteiger charge is 2.08. The van der Waals surface area contributed by atoms with E-state index in [-0.39, 0.29) is 12.6 Å². The maximum atomic E-state index is 10.5. The highest BCUT2D eigenvalue weighted by Crippen LogP contribution is 2.02. The van der Waals surface area contributed by atoms with Crippen molar-refractivity contribution >= 4 is 10.3 Å². The van der Waals surface area contributed by atoms with Crippen molar-refractivity contribution in [2.45, 2.75) is 12.5 Å². The summed E-state index contributed by atoms with van der Waals surface area (Å²) in [5.74, 6) is 0. The highest BCUT2D eigenvalue weighted by atomic mass is 32.2. The average Bonchev–Trinajstić information content (AvgIpc) is 2.15. The molecule has 1 atom stereocenters. The molecule has 0 saturated heterocycles. The van der Waals surface area contributed by atoms with Gasteiger partial charge in [0.1, 0.15) is 0 Å². The molecule has 0 heterocycles. The first-order chi connectivity index (χ1) is 6.97. The van der Waals surface area contributed by atoms with Crippen molar-refractivity contribution in [3.63, 3.8) is 0 Å². The quantitative estimate of drug-likeness (QED) is 0.730. The Balaban J connectivity index is 2.40. The maximum Gasteiger partial charge on any atom is 0.333 e. The second kappa shape index (κ2) is 5.22. The number of hydrogen-bond donors (Lipinski definition) is 2. The summed E-state index contributed by atoms with van der Waals surface area (Å²) < 4.78 is 25.4. The third-order valence-corrected chi connectivity index (χ3v) is 2.25. The van der Waals surface area contributed by atoms with Crippen LogP contribution in [0.2, 0.25) is 0 Å². The van der Waals surface area contributed by atoms with Crippen LogP contribution in [0.15, 0.2) is 30.3 Å². The molecule has 0 aliphatic carbocycles. The van der Waals surface area contributed by atoms with Crippen molar-refractivity contribution in [3.05, 3.63) is 35.9 Å². The Bertz CT molecular complexity index is 391. The van der Waals surface area contributed by atoms with Gasteiger partial charge in [0.25, 0.3) is 0 Å². The van der Waals surface area contributed by atoms with E-state index in [0.29, 0.717) is 6.42 Å². The van der Waals surface area contributed by atoms with E-state index in [0.717, 1.165) is 5.56 Å². The first kappa shape index (κ1) is 12.1. The van der Waals surface area contributed by atoms with E-state index in [1.807, 2.05) is 30.3 Å². The molecule has 15 heavy (non-hydrogen) atoms. The van der Waals surface area contributed by atoms with Crippen LogP contribution < -0.4 is 10.9 Å². The van der Waals surface area contributed by atoms with Crippen molar-refractivity contribution in [1.82, 2.24) is 0 Å². The van der Waals surface area contributed by atoms with Crippen LogP contribution in [0.1, 0.15) is 5.56 Å². The summed E-state index contributed by atoms with van der Waals surface area (Å²) in [6, 6.07) is 9.12. The van der Waals surface area contributed by atoms with E-state index in [9.17, 15) is 8.42 Å². The number of benzene rings is 1. The molecule has 0 aliphatic rings. The Morgan fingerprint density at radius 3 is 2.40 bits per heavy atom. The second-order valence-corrected chi connectivity index (χ2v) is 4.45. The molecular formula is C9H14N2O3S. The first-order valence-corrected chi connectivity index (χ1v) is 5.91. The maximum absolute atomic E-state index is 10.5. The lowest BCUT2D eigenvalue weighted by molar-refractivity contribution is 0.291. The predicted octanol–water partition coefficient (Wildman–Crippen LogP) is -0.223. The molecule has 1 unspecified atom stereocenters. The summed E-state index contributed by atoms with van der Waals surface area (Å²) in [5.41, 5.74) is 6.70. The number of nitrogens with two attached hydrogens (primary N) is 2. The summed E-state index contributed by atoms with van der Waals surface area (Å²) in [5, 5.41) is 4.67. The number of rotatable bonds is 5. The summed E-state index contributed by atoms with van der Waals surface area (Å²) in [7, 11) is -3.89. The van der Waals surface area contributed by atoms with Gasteiger partial charge in [0.2, 0.25) is 0 Å². The highest BCUT2D eigenvalue weighted by molar-refractivity contribution is 7.84. The Labute approximate surface area is 89.3 Å². The molecule has 0 amide bonds. The molecule has 1 aromatic rings. The average molecular weight is 230 g/mol. The van der Waals surface area contributed by atoms with Crippen LogP contribution in [0.3, 0.4) is 0 Å². The molecule has 0 radical (unpaired) electrons. The molecule has 0 spiro atoms. The van der Waals surface area contributed by atoms with Crippen molar-refractivity contribution in [1.29, 1.82) is 0 Å². The molecule has 6 heteroatoms. The zero-order valence-electron chi connectivity index (χ0n) is 8.17. The fraction of sp³-hybridized carbons (Fsp3) is 0.333. The van der Waals surface area contributed by atoms with Crippen LogP contribution in [-0.4, -0.2) is 21.1 Å². The number of hydrogen-bond acceptors (Lipinski definition) is 4. The van der Waals surface area contributed by atoms with E-state index < -0.39 is 10.3 Å². The standard InChI is InChI=1S/C9H14N2O3S/c10-9(7-14-15(11,12)13)6-8-4-2-1-3-5-8/h1-5,9H,6-7,10H2,(H2,11,12,13). The molecule has 0 aliphatic heterocycles. The van der Waals surface area contributed by atoms with Crippen molar-refractivity contribution in [3.8, 4) is 0 Å². The predicted molar refractivity (Wildman–Crippen MR) is 57.2 cm³/mol. The van der Waals surface area contributed by atoms with Crippen molar-refractivity contribution in [2.75, 3.05) is 6.61 Å². The Hall–Kier alpha value is -0.950. The lowest BCUT2D eigenvalue weighted by Gasteiger charge is -2.10. The van der Waals surface area contributed by atoms with Gasteiger partial charge in [-0.05, 0) is 12.0 Å². The Morgan fingerprint density at radius 2 is 1.87 bits per heavy atom. The Kier molecular flexibility index (Phi) is 4.22. The van der Waals surface area contributed by atoms with Gasteiger partial charge in [-0.2, -0.15) is 8.42 Å². The summed E-state index contributed by atoms with van der Waals surface area (Å²) in [6.07, 6.45) is 0.552. The van der Waals surface area contributed by atoms with Crippen LogP contribution in [0.25, 0.3) is 0 Å². The van der Waals surface area contributed by atoms with Gasteiger partial charge < -0.3 is 5.73 Å². The van der Waals surface area contributed by atoms with Crippen LogP contribution in [0.4, 0.5) is 0 Å². The molecule has 1 rings (SSSR count). The normalized spacial score (nSPS) is 13.7. The van der Waals surface area contributed by atoms with E-state index in [1.165, 1.54) is 0 Å². The van der Waals surface area contributed by atoms with Crippen molar-refractivity contribution in [2.24, 2.45) is 10.9 Å². The van der Waals surface area contributed by atoms with E-state index in [4.69, 9.17) is 5.73 Å². The van der Waals surface area contributed by atoms with Gasteiger partial charge in [-0.15, -0.1) is 0 Å². The largest absolute Gasteiger partial charge is 0.333 e. The van der Waals surface area contributed by atoms with Gasteiger partial charge in [-0.3, -0.25) is 4.18 Å². The molecule has 0 aromatic heterocycles. The van der Waals surface area contributed by atoms with Gasteiger partial charge in [-0.1, -0.05) is 30.3 Å². The topological polar surface area (TPSA) is 95.4 Å². The van der Waals surface area contributed by atoms with Crippen molar-refractivity contribution < 1.29 is 12.6 Å². The van der Waals surface area contributed by atoms with E-state index >= 15 is 0 Å². The second-order valence-electron chi connectivity index (χ2n) is 3.23. The van der Waals surface area contributed by atoms with Gasteiger partial charge in [0.05, 0.1) is 6.61 Å². The lowest BCUT2D eigenvalue weighted by Crippen LogP contribution is -2.31. The zero-order chi connectivity index (χ0) is 11.3. The molecular weight excluding hydrogens is 216 g/mol. The molecule has 0 saturated carbocycles. The molecule has 0 fully saturated rings. The molecule has 0 bridgehead atoms. The van der Waals surface area contributed by atoms with Crippen LogP contribution in [0, 0.1) is 0 Å². The molecule has 1 aromatic carbocycles. The molecule has 84 valence electrons. The van der Waals surface area contributed by atoms with E-state index in [2.05, 4.69) is 9.32 Å². The smallest absolute Gasteiger partial charge is 0.325 e. The van der Waals surface area contributed by atoms with Gasteiger partial charge in [0, 0.05) is 6.04 Å². The van der Waals surface area contributed by atoms with Gasteiger partial charge in [0.15, 0.2) is 0 Å². The van der Waals surface area contributed by atoms with Crippen LogP contribution in [0.5, 0.6) is 0 Å². The molecule has 5 nitrogen and oxygen atoms in total. The minimum Gasteiger partial charge on any atom is -0.325 e. The summed E-state index contributed by atoms with van der Waals surface area (Å²) in [6.45, 7) is -0.103. The van der Waals surface area contributed by atoms with Crippen LogP contribution in [-0.2, 0) is 20.9 Å². The summed E-state index contributed by atoms with van der Waals surface area (Å²) in [4.78, 5) is 0. The molecule has 4 N–H and O–H groups in total. The van der Waals surface area contributed by atoms with Gasteiger partial charge >= 0.3 is 10.3 Å². The monoisotopic (exact) mass is 230 g/mol. The summed E-state index contributed by atoms with van der Waals surface area (Å²) >= 11 is 0. The van der Waals surface area contributed by atoms with Gasteiger partial charge in [-0.25, -0.2) is 5.14 Å². The first-order valence-electron chi connectivity index (χ1n) is 4.44. The fourth-order valence-electron chi connectivity index (χ4n) is 1.16. The van der Waals surface area contributed by atoms with E-state index in [1.54, 1.807) is 0 Å². The fourth-order valence-corrected chi connectivity index (χ4v) is 1.52. The third-order valence-electron chi connectivity index (χ3n) is 1.79. The Morgan fingerprint density at radius 1 is 1.27 bits per heavy atom.